The lowest BCUT2D eigenvalue weighted by atomic mass is 10.0. The van der Waals surface area contributed by atoms with Gasteiger partial charge in [-0.3, -0.25) is 4.79 Å². The van der Waals surface area contributed by atoms with Crippen molar-refractivity contribution >= 4 is 29.0 Å². The molecule has 0 aliphatic carbocycles. The number of hydrogen-bond donors (Lipinski definition) is 2. The maximum atomic E-state index is 12.4. The highest BCUT2D eigenvalue weighted by molar-refractivity contribution is 7.99. The summed E-state index contributed by atoms with van der Waals surface area (Å²) in [5.41, 5.74) is 9.43. The number of aryl methyl sites for hydroxylation is 1. The van der Waals surface area contributed by atoms with Crippen molar-refractivity contribution in [2.75, 3.05) is 16.8 Å². The zero-order valence-corrected chi connectivity index (χ0v) is 12.0. The summed E-state index contributed by atoms with van der Waals surface area (Å²) >= 11 is 1.74. The number of hydrogen-bond acceptors (Lipinski definition) is 3. The predicted octanol–water partition coefficient (Wildman–Crippen LogP) is 3.41. The fourth-order valence-corrected chi connectivity index (χ4v) is 3.59. The molecule has 3 nitrogen and oxygen atoms in total. The van der Waals surface area contributed by atoms with E-state index in [-0.39, 0.29) is 11.8 Å². The second kappa shape index (κ2) is 5.21. The predicted molar refractivity (Wildman–Crippen MR) is 84.1 cm³/mol. The topological polar surface area (TPSA) is 55.1 Å². The van der Waals surface area contributed by atoms with Crippen molar-refractivity contribution in [2.45, 2.75) is 17.7 Å². The van der Waals surface area contributed by atoms with E-state index in [2.05, 4.69) is 11.4 Å². The average Bonchev–Trinajstić information content (AvgIpc) is 2.87. The number of anilines is 2. The Labute approximate surface area is 122 Å². The number of fused-ring (bicyclic) bond motifs is 1. The zero-order chi connectivity index (χ0) is 14.1. The lowest BCUT2D eigenvalue weighted by Crippen LogP contribution is -2.21. The Balaban J connectivity index is 1.79. The summed E-state index contributed by atoms with van der Waals surface area (Å²) in [5, 5.41) is 2.98. The molecule has 0 spiro atoms. The highest BCUT2D eigenvalue weighted by atomic mass is 32.2. The lowest BCUT2D eigenvalue weighted by Gasteiger charge is -2.12. The van der Waals surface area contributed by atoms with Gasteiger partial charge in [0.1, 0.15) is 0 Å². The van der Waals surface area contributed by atoms with Gasteiger partial charge in [-0.15, -0.1) is 11.8 Å². The van der Waals surface area contributed by atoms with Crippen LogP contribution in [0.2, 0.25) is 0 Å². The number of benzene rings is 2. The van der Waals surface area contributed by atoms with Gasteiger partial charge in [0.15, 0.2) is 0 Å². The quantitative estimate of drug-likeness (QED) is 0.831. The maximum Gasteiger partial charge on any atom is 0.232 e. The van der Waals surface area contributed by atoms with Crippen LogP contribution in [0.1, 0.15) is 17.0 Å². The van der Waals surface area contributed by atoms with E-state index in [4.69, 9.17) is 5.73 Å². The zero-order valence-electron chi connectivity index (χ0n) is 11.2. The summed E-state index contributed by atoms with van der Waals surface area (Å²) in [4.78, 5) is 13.6. The van der Waals surface area contributed by atoms with Crippen LogP contribution < -0.4 is 11.1 Å². The van der Waals surface area contributed by atoms with E-state index in [0.29, 0.717) is 0 Å². The first kappa shape index (κ1) is 13.1. The van der Waals surface area contributed by atoms with E-state index in [1.54, 1.807) is 11.8 Å². The molecule has 1 aliphatic rings. The van der Waals surface area contributed by atoms with E-state index in [0.717, 1.165) is 28.3 Å². The molecular formula is C16H16N2OS. The largest absolute Gasteiger partial charge is 0.399 e. The molecule has 0 radical (unpaired) electrons. The number of nitrogen functional groups attached to an aromatic ring is 1. The van der Waals surface area contributed by atoms with Gasteiger partial charge in [-0.2, -0.15) is 0 Å². The lowest BCUT2D eigenvalue weighted by molar-refractivity contribution is -0.117. The Kier molecular flexibility index (Phi) is 3.40. The van der Waals surface area contributed by atoms with Crippen molar-refractivity contribution in [3.63, 3.8) is 0 Å². The van der Waals surface area contributed by atoms with Gasteiger partial charge in [-0.05, 0) is 42.3 Å². The van der Waals surface area contributed by atoms with Crippen LogP contribution in [-0.2, 0) is 4.79 Å². The van der Waals surface area contributed by atoms with Crippen LogP contribution >= 0.6 is 11.8 Å². The van der Waals surface area contributed by atoms with Crippen molar-refractivity contribution in [3.8, 4) is 0 Å². The molecule has 3 rings (SSSR count). The molecule has 1 atom stereocenters. The summed E-state index contributed by atoms with van der Waals surface area (Å²) in [5.74, 6) is 0.778. The van der Waals surface area contributed by atoms with E-state index in [1.165, 1.54) is 4.90 Å². The van der Waals surface area contributed by atoms with Gasteiger partial charge in [-0.25, -0.2) is 0 Å². The number of nitrogens with one attached hydrogen (secondary N) is 1. The molecule has 0 aromatic heterocycles. The van der Waals surface area contributed by atoms with Crippen LogP contribution in [0.4, 0.5) is 11.4 Å². The Morgan fingerprint density at radius 3 is 2.90 bits per heavy atom. The minimum atomic E-state index is -0.0749. The van der Waals surface area contributed by atoms with Crippen LogP contribution in [0.3, 0.4) is 0 Å². The molecule has 0 saturated carbocycles. The molecule has 1 heterocycles. The van der Waals surface area contributed by atoms with E-state index < -0.39 is 0 Å². The standard InChI is InChI=1S/C16H16N2OS/c1-10-8-11(6-7-14(10)17)18-16(19)13-9-20-15-5-3-2-4-12(13)15/h2-8,13H,9,17H2,1H3,(H,18,19). The van der Waals surface area contributed by atoms with Gasteiger partial charge in [0.05, 0.1) is 5.92 Å². The van der Waals surface area contributed by atoms with Crippen LogP contribution in [0.15, 0.2) is 47.4 Å². The second-order valence-corrected chi connectivity index (χ2v) is 6.02. The third kappa shape index (κ3) is 2.39. The molecule has 102 valence electrons. The molecule has 2 aromatic carbocycles. The first-order valence-electron chi connectivity index (χ1n) is 6.54. The molecular weight excluding hydrogens is 268 g/mol. The number of thioether (sulfide) groups is 1. The summed E-state index contributed by atoms with van der Waals surface area (Å²) in [7, 11) is 0. The third-order valence-corrected chi connectivity index (χ3v) is 4.74. The van der Waals surface area contributed by atoms with Gasteiger partial charge >= 0.3 is 0 Å². The molecule has 0 fully saturated rings. The molecule has 2 aromatic rings. The van der Waals surface area contributed by atoms with Gasteiger partial charge in [0.2, 0.25) is 5.91 Å². The first-order chi connectivity index (χ1) is 9.65. The van der Waals surface area contributed by atoms with Gasteiger partial charge in [-0.1, -0.05) is 18.2 Å². The van der Waals surface area contributed by atoms with Crippen molar-refractivity contribution in [1.82, 2.24) is 0 Å². The van der Waals surface area contributed by atoms with E-state index >= 15 is 0 Å². The monoisotopic (exact) mass is 284 g/mol. The Morgan fingerprint density at radius 2 is 2.10 bits per heavy atom. The van der Waals surface area contributed by atoms with Crippen LogP contribution in [0.5, 0.6) is 0 Å². The summed E-state index contributed by atoms with van der Waals surface area (Å²) in [6.45, 7) is 1.94. The molecule has 4 heteroatoms. The second-order valence-electron chi connectivity index (χ2n) is 4.96. The van der Waals surface area contributed by atoms with E-state index in [9.17, 15) is 4.79 Å². The van der Waals surface area contributed by atoms with Crippen LogP contribution in [0.25, 0.3) is 0 Å². The van der Waals surface area contributed by atoms with Crippen molar-refractivity contribution in [3.05, 3.63) is 53.6 Å². The average molecular weight is 284 g/mol. The minimum absolute atomic E-state index is 0.0478. The first-order valence-corrected chi connectivity index (χ1v) is 7.52. The van der Waals surface area contributed by atoms with Crippen molar-refractivity contribution in [2.24, 2.45) is 0 Å². The molecule has 0 saturated heterocycles. The van der Waals surface area contributed by atoms with Gasteiger partial charge < -0.3 is 11.1 Å². The van der Waals surface area contributed by atoms with Crippen molar-refractivity contribution in [1.29, 1.82) is 0 Å². The molecule has 20 heavy (non-hydrogen) atoms. The highest BCUT2D eigenvalue weighted by Gasteiger charge is 2.28. The fourth-order valence-electron chi connectivity index (χ4n) is 2.36. The Hall–Kier alpha value is -1.94. The van der Waals surface area contributed by atoms with Crippen LogP contribution in [-0.4, -0.2) is 11.7 Å². The molecule has 1 amide bonds. The molecule has 1 unspecified atom stereocenters. The number of carbonyl (C=O) groups is 1. The Morgan fingerprint density at radius 1 is 1.30 bits per heavy atom. The minimum Gasteiger partial charge on any atom is -0.399 e. The van der Waals surface area contributed by atoms with Gasteiger partial charge in [0.25, 0.3) is 0 Å². The normalized spacial score (nSPS) is 16.8. The summed E-state index contributed by atoms with van der Waals surface area (Å²) in [6.07, 6.45) is 0. The smallest absolute Gasteiger partial charge is 0.232 e. The van der Waals surface area contributed by atoms with E-state index in [1.807, 2.05) is 43.3 Å². The fraction of sp³-hybridized carbons (Fsp3) is 0.188. The highest BCUT2D eigenvalue weighted by Crippen LogP contribution is 2.39. The number of amides is 1. The maximum absolute atomic E-state index is 12.4. The third-order valence-electron chi connectivity index (χ3n) is 3.55. The number of nitrogens with two attached hydrogens (primary N) is 1. The van der Waals surface area contributed by atoms with Crippen LogP contribution in [0, 0.1) is 6.92 Å². The van der Waals surface area contributed by atoms with Crippen molar-refractivity contribution < 1.29 is 4.79 Å². The summed E-state index contributed by atoms with van der Waals surface area (Å²) in [6, 6.07) is 13.7. The van der Waals surface area contributed by atoms with Gasteiger partial charge in [0, 0.05) is 22.0 Å². The number of carbonyl (C=O) groups excluding carboxylic acids is 1. The number of rotatable bonds is 2. The molecule has 1 aliphatic heterocycles. The molecule has 3 N–H and O–H groups in total. The Bertz CT molecular complexity index is 669. The summed E-state index contributed by atoms with van der Waals surface area (Å²) < 4.78 is 0. The SMILES string of the molecule is Cc1cc(NC(=O)C2CSc3ccccc32)ccc1N. The molecule has 0 bridgehead atoms.